The van der Waals surface area contributed by atoms with Crippen molar-refractivity contribution in [3.8, 4) is 0 Å². The topological polar surface area (TPSA) is 92.8 Å². The van der Waals surface area contributed by atoms with Crippen molar-refractivity contribution in [3.05, 3.63) is 95.0 Å². The van der Waals surface area contributed by atoms with Gasteiger partial charge in [0.05, 0.1) is 33.8 Å². The van der Waals surface area contributed by atoms with E-state index in [-0.39, 0.29) is 35.1 Å². The smallest absolute Gasteiger partial charge is 0.338 e. The lowest BCUT2D eigenvalue weighted by molar-refractivity contribution is -0.122. The number of nitrogens with zero attached hydrogens (tertiary/aromatic N) is 1. The van der Waals surface area contributed by atoms with Gasteiger partial charge in [-0.15, -0.1) is 0 Å². The average molecular weight is 517 g/mol. The number of ether oxygens (including phenoxy) is 1. The number of carbonyl (C=O) groups excluding carboxylic acids is 4. The normalized spacial score (nSPS) is 20.9. The van der Waals surface area contributed by atoms with Crippen LogP contribution in [0.25, 0.3) is 0 Å². The number of imide groups is 1. The molecule has 37 heavy (non-hydrogen) atoms. The zero-order chi connectivity index (χ0) is 25.9. The monoisotopic (exact) mass is 516 g/mol. The highest BCUT2D eigenvalue weighted by Crippen LogP contribution is 2.45. The fourth-order valence-corrected chi connectivity index (χ4v) is 5.35. The van der Waals surface area contributed by atoms with Crippen molar-refractivity contribution in [3.63, 3.8) is 0 Å². The summed E-state index contributed by atoms with van der Waals surface area (Å²) in [4.78, 5) is 52.2. The molecule has 0 unspecified atom stereocenters. The number of fused-ring (bicyclic) bond motifs is 1. The van der Waals surface area contributed by atoms with Crippen LogP contribution in [0.2, 0.25) is 5.02 Å². The van der Waals surface area contributed by atoms with E-state index in [4.69, 9.17) is 16.3 Å². The average Bonchev–Trinajstić information content (AvgIpc) is 3.18. The Balaban J connectivity index is 1.20. The summed E-state index contributed by atoms with van der Waals surface area (Å²) in [5.41, 5.74) is 2.25. The molecule has 0 bridgehead atoms. The maximum Gasteiger partial charge on any atom is 0.338 e. The van der Waals surface area contributed by atoms with Crippen LogP contribution in [0.3, 0.4) is 0 Å². The van der Waals surface area contributed by atoms with Gasteiger partial charge in [0.2, 0.25) is 11.8 Å². The third-order valence-corrected chi connectivity index (χ3v) is 7.37. The van der Waals surface area contributed by atoms with Crippen LogP contribution in [0.1, 0.15) is 41.1 Å². The van der Waals surface area contributed by atoms with Gasteiger partial charge in [0, 0.05) is 0 Å². The second kappa shape index (κ2) is 10.6. The summed E-state index contributed by atoms with van der Waals surface area (Å²) < 4.78 is 5.10. The minimum absolute atomic E-state index is 0.187. The van der Waals surface area contributed by atoms with Crippen LogP contribution in [0.15, 0.2) is 78.9 Å². The third kappa shape index (κ3) is 5.13. The third-order valence-electron chi connectivity index (χ3n) is 7.04. The van der Waals surface area contributed by atoms with E-state index < -0.39 is 18.5 Å². The SMILES string of the molecule is O=C(COC(=O)c1ccc(N2C(=O)[C@@H]3CC[C@H](c4ccccc4)C[C@H]3C2=O)cc1)Nc1ccccc1Cl. The Morgan fingerprint density at radius 1 is 0.865 bits per heavy atom. The lowest BCUT2D eigenvalue weighted by atomic mass is 9.73. The number of hydrogen-bond donors (Lipinski definition) is 1. The van der Waals surface area contributed by atoms with Gasteiger partial charge in [0.1, 0.15) is 0 Å². The molecular weight excluding hydrogens is 492 g/mol. The van der Waals surface area contributed by atoms with Crippen LogP contribution in [0.5, 0.6) is 0 Å². The highest BCUT2D eigenvalue weighted by Gasteiger charge is 2.50. The molecule has 5 rings (SSSR count). The number of hydrogen-bond acceptors (Lipinski definition) is 5. The van der Waals surface area contributed by atoms with Gasteiger partial charge in [-0.25, -0.2) is 4.79 Å². The summed E-state index contributed by atoms with van der Waals surface area (Å²) in [5.74, 6) is -2.00. The molecule has 3 aromatic rings. The van der Waals surface area contributed by atoms with E-state index in [9.17, 15) is 19.2 Å². The zero-order valence-electron chi connectivity index (χ0n) is 19.9. The summed E-state index contributed by atoms with van der Waals surface area (Å²) in [7, 11) is 0. The van der Waals surface area contributed by atoms with Crippen LogP contribution >= 0.6 is 11.6 Å². The lowest BCUT2D eigenvalue weighted by Gasteiger charge is -2.28. The molecule has 1 saturated carbocycles. The Morgan fingerprint density at radius 2 is 1.54 bits per heavy atom. The van der Waals surface area contributed by atoms with Gasteiger partial charge in [-0.2, -0.15) is 0 Å². The predicted octanol–water partition coefficient (Wildman–Crippen LogP) is 5.21. The molecule has 8 heteroatoms. The second-order valence-corrected chi connectivity index (χ2v) is 9.70. The van der Waals surface area contributed by atoms with E-state index in [0.29, 0.717) is 29.2 Å². The molecule has 188 valence electrons. The number of halogens is 1. The first-order chi connectivity index (χ1) is 17.9. The first kappa shape index (κ1) is 24.7. The van der Waals surface area contributed by atoms with Gasteiger partial charge < -0.3 is 10.1 Å². The quantitative estimate of drug-likeness (QED) is 0.358. The Hall–Kier alpha value is -3.97. The minimum atomic E-state index is -0.695. The van der Waals surface area contributed by atoms with Crippen LogP contribution in [0, 0.1) is 11.8 Å². The fraction of sp³-hybridized carbons (Fsp3) is 0.241. The molecule has 0 spiro atoms. The Morgan fingerprint density at radius 3 is 2.27 bits per heavy atom. The molecule has 3 atom stereocenters. The highest BCUT2D eigenvalue weighted by molar-refractivity contribution is 6.33. The number of benzene rings is 3. The molecule has 7 nitrogen and oxygen atoms in total. The molecule has 1 heterocycles. The number of para-hydroxylation sites is 1. The van der Waals surface area contributed by atoms with E-state index in [0.717, 1.165) is 6.42 Å². The number of nitrogens with one attached hydrogen (secondary N) is 1. The van der Waals surface area contributed by atoms with E-state index in [1.54, 1.807) is 36.4 Å². The summed E-state index contributed by atoms with van der Waals surface area (Å²) in [6.45, 7) is -0.485. The van der Waals surface area contributed by atoms with Gasteiger partial charge in [-0.1, -0.05) is 54.1 Å². The van der Waals surface area contributed by atoms with Crippen molar-refractivity contribution in [1.82, 2.24) is 0 Å². The number of anilines is 2. The summed E-state index contributed by atoms with van der Waals surface area (Å²) in [6, 6.07) is 22.9. The molecule has 3 aromatic carbocycles. The van der Waals surface area contributed by atoms with Gasteiger partial charge in [0.15, 0.2) is 6.61 Å². The minimum Gasteiger partial charge on any atom is -0.452 e. The van der Waals surface area contributed by atoms with Crippen molar-refractivity contribution in [2.75, 3.05) is 16.8 Å². The first-order valence-corrected chi connectivity index (χ1v) is 12.5. The molecule has 0 radical (unpaired) electrons. The highest BCUT2D eigenvalue weighted by atomic mass is 35.5. The molecule has 1 N–H and O–H groups in total. The number of esters is 1. The van der Waals surface area contributed by atoms with E-state index in [2.05, 4.69) is 17.4 Å². The largest absolute Gasteiger partial charge is 0.452 e. The standard InChI is InChI=1S/C29H25ClN2O5/c30-24-8-4-5-9-25(24)31-26(33)17-37-29(36)19-10-13-21(14-11-19)32-27(34)22-15-12-20(16-23(22)28(32)35)18-6-2-1-3-7-18/h1-11,13-14,20,22-23H,12,15-17H2,(H,31,33)/t20-,22+,23+/m0/s1. The molecule has 2 fully saturated rings. The van der Waals surface area contributed by atoms with Crippen molar-refractivity contribution in [1.29, 1.82) is 0 Å². The Labute approximate surface area is 219 Å². The molecule has 1 aliphatic heterocycles. The van der Waals surface area contributed by atoms with Crippen LogP contribution < -0.4 is 10.2 Å². The summed E-state index contributed by atoms with van der Waals surface area (Å²) in [6.07, 6.45) is 2.19. The fourth-order valence-electron chi connectivity index (χ4n) is 5.17. The van der Waals surface area contributed by atoms with Crippen molar-refractivity contribution < 1.29 is 23.9 Å². The van der Waals surface area contributed by atoms with Crippen LogP contribution in [0.4, 0.5) is 11.4 Å². The molecule has 3 amide bonds. The molecule has 1 aliphatic carbocycles. The molecule has 2 aliphatic rings. The second-order valence-electron chi connectivity index (χ2n) is 9.30. The molecule has 1 saturated heterocycles. The maximum atomic E-state index is 13.3. The first-order valence-electron chi connectivity index (χ1n) is 12.2. The van der Waals surface area contributed by atoms with Gasteiger partial charge >= 0.3 is 5.97 Å². The van der Waals surface area contributed by atoms with Crippen molar-refractivity contribution in [2.45, 2.75) is 25.2 Å². The van der Waals surface area contributed by atoms with Gasteiger partial charge in [-0.3, -0.25) is 19.3 Å². The predicted molar refractivity (Wildman–Crippen MR) is 139 cm³/mol. The lowest BCUT2D eigenvalue weighted by Crippen LogP contribution is -2.30. The number of carbonyl (C=O) groups is 4. The zero-order valence-corrected chi connectivity index (χ0v) is 20.7. The van der Waals surface area contributed by atoms with E-state index in [1.807, 2.05) is 18.2 Å². The van der Waals surface area contributed by atoms with Crippen molar-refractivity contribution in [2.24, 2.45) is 11.8 Å². The molecular formula is C29H25ClN2O5. The van der Waals surface area contributed by atoms with E-state index >= 15 is 0 Å². The van der Waals surface area contributed by atoms with Crippen LogP contribution in [-0.2, 0) is 19.1 Å². The maximum absolute atomic E-state index is 13.3. The molecule has 0 aromatic heterocycles. The summed E-state index contributed by atoms with van der Waals surface area (Å²) >= 11 is 6.02. The Kier molecular flexibility index (Phi) is 7.06. The van der Waals surface area contributed by atoms with Crippen LogP contribution in [-0.4, -0.2) is 30.3 Å². The van der Waals surface area contributed by atoms with Gasteiger partial charge in [0.25, 0.3) is 5.91 Å². The summed E-state index contributed by atoms with van der Waals surface area (Å²) in [5, 5.41) is 2.96. The number of amides is 3. The number of rotatable bonds is 6. The Bertz CT molecular complexity index is 1340. The van der Waals surface area contributed by atoms with Crippen molar-refractivity contribution >= 4 is 46.7 Å². The van der Waals surface area contributed by atoms with Gasteiger partial charge in [-0.05, 0) is 67.1 Å². The van der Waals surface area contributed by atoms with E-state index in [1.165, 1.54) is 22.6 Å².